The van der Waals surface area contributed by atoms with Crippen molar-refractivity contribution >= 4 is 17.7 Å². The van der Waals surface area contributed by atoms with E-state index in [9.17, 15) is 4.79 Å². The molecule has 0 bridgehead atoms. The van der Waals surface area contributed by atoms with Crippen molar-refractivity contribution in [1.29, 1.82) is 0 Å². The van der Waals surface area contributed by atoms with Crippen LogP contribution in [0.3, 0.4) is 0 Å². The Morgan fingerprint density at radius 3 is 2.71 bits per heavy atom. The SMILES string of the molecule is CCCSc1c(C(=O)NC2CCCCC2)cnn1-c1ccccc1. The minimum absolute atomic E-state index is 0.0164. The van der Waals surface area contributed by atoms with E-state index < -0.39 is 0 Å². The van der Waals surface area contributed by atoms with Gasteiger partial charge in [-0.25, -0.2) is 4.68 Å². The van der Waals surface area contributed by atoms with Crippen LogP contribution in [0, 0.1) is 0 Å². The second-order valence-electron chi connectivity index (χ2n) is 6.27. The van der Waals surface area contributed by atoms with Gasteiger partial charge in [-0.15, -0.1) is 11.8 Å². The predicted molar refractivity (Wildman–Crippen MR) is 98.9 cm³/mol. The first-order chi connectivity index (χ1) is 11.8. The van der Waals surface area contributed by atoms with Crippen LogP contribution in [0.5, 0.6) is 0 Å². The van der Waals surface area contributed by atoms with Gasteiger partial charge in [-0.05, 0) is 37.1 Å². The fourth-order valence-electron chi connectivity index (χ4n) is 3.09. The van der Waals surface area contributed by atoms with Crippen LogP contribution in [-0.4, -0.2) is 27.5 Å². The summed E-state index contributed by atoms with van der Waals surface area (Å²) in [5.74, 6) is 0.991. The van der Waals surface area contributed by atoms with Gasteiger partial charge >= 0.3 is 0 Å². The number of nitrogens with zero attached hydrogens (tertiary/aromatic N) is 2. The molecule has 1 saturated carbocycles. The number of amides is 1. The van der Waals surface area contributed by atoms with Gasteiger partial charge in [0.15, 0.2) is 0 Å². The summed E-state index contributed by atoms with van der Waals surface area (Å²) in [4.78, 5) is 12.8. The van der Waals surface area contributed by atoms with Gasteiger partial charge < -0.3 is 5.32 Å². The highest BCUT2D eigenvalue weighted by Crippen LogP contribution is 2.27. The molecule has 1 amide bonds. The average molecular weight is 343 g/mol. The first-order valence-corrected chi connectivity index (χ1v) is 9.85. The van der Waals surface area contributed by atoms with Crippen molar-refractivity contribution in [2.45, 2.75) is 56.5 Å². The molecule has 3 rings (SSSR count). The van der Waals surface area contributed by atoms with Gasteiger partial charge in [0.2, 0.25) is 0 Å². The third-order valence-electron chi connectivity index (χ3n) is 4.35. The molecular formula is C19H25N3OS. The van der Waals surface area contributed by atoms with Crippen LogP contribution < -0.4 is 5.32 Å². The van der Waals surface area contributed by atoms with E-state index in [0.29, 0.717) is 11.6 Å². The summed E-state index contributed by atoms with van der Waals surface area (Å²) < 4.78 is 1.89. The Kier molecular flexibility index (Phi) is 5.96. The molecule has 4 nitrogen and oxygen atoms in total. The zero-order valence-corrected chi connectivity index (χ0v) is 15.0. The lowest BCUT2D eigenvalue weighted by Gasteiger charge is -2.22. The van der Waals surface area contributed by atoms with Crippen molar-refractivity contribution in [2.24, 2.45) is 0 Å². The maximum Gasteiger partial charge on any atom is 0.255 e. The molecule has 1 aliphatic carbocycles. The van der Waals surface area contributed by atoms with Gasteiger partial charge in [0.1, 0.15) is 5.03 Å². The summed E-state index contributed by atoms with van der Waals surface area (Å²) in [6.07, 6.45) is 8.68. The number of para-hydroxylation sites is 1. The molecule has 0 saturated heterocycles. The third-order valence-corrected chi connectivity index (χ3v) is 5.63. The van der Waals surface area contributed by atoms with E-state index in [1.165, 1.54) is 19.3 Å². The van der Waals surface area contributed by atoms with Crippen molar-refractivity contribution in [1.82, 2.24) is 15.1 Å². The van der Waals surface area contributed by atoms with Gasteiger partial charge in [0.25, 0.3) is 5.91 Å². The minimum atomic E-state index is 0.0164. The molecule has 0 spiro atoms. The molecule has 24 heavy (non-hydrogen) atoms. The Morgan fingerprint density at radius 1 is 1.25 bits per heavy atom. The molecule has 1 N–H and O–H groups in total. The van der Waals surface area contributed by atoms with Crippen LogP contribution in [0.2, 0.25) is 0 Å². The fraction of sp³-hybridized carbons (Fsp3) is 0.474. The molecule has 5 heteroatoms. The topological polar surface area (TPSA) is 46.9 Å². The summed E-state index contributed by atoms with van der Waals surface area (Å²) in [7, 11) is 0. The Bertz CT molecular complexity index is 663. The minimum Gasteiger partial charge on any atom is -0.349 e. The van der Waals surface area contributed by atoms with Crippen molar-refractivity contribution in [3.05, 3.63) is 42.1 Å². The standard InChI is InChI=1S/C19H25N3OS/c1-2-13-24-19-17(18(23)21-15-9-5-3-6-10-15)14-20-22(19)16-11-7-4-8-12-16/h4,7-8,11-12,14-15H,2-3,5-6,9-10,13H2,1H3,(H,21,23). The van der Waals surface area contributed by atoms with Gasteiger partial charge in [-0.1, -0.05) is 44.4 Å². The molecule has 0 radical (unpaired) electrons. The van der Waals surface area contributed by atoms with E-state index in [4.69, 9.17) is 0 Å². The Hall–Kier alpha value is -1.75. The first-order valence-electron chi connectivity index (χ1n) is 8.86. The quantitative estimate of drug-likeness (QED) is 0.789. The first kappa shape index (κ1) is 17.1. The van der Waals surface area contributed by atoms with Crippen LogP contribution in [0.4, 0.5) is 0 Å². The fourth-order valence-corrected chi connectivity index (χ4v) is 4.07. The number of carbonyl (C=O) groups is 1. The highest BCUT2D eigenvalue weighted by atomic mass is 32.2. The lowest BCUT2D eigenvalue weighted by Crippen LogP contribution is -2.36. The highest BCUT2D eigenvalue weighted by molar-refractivity contribution is 7.99. The predicted octanol–water partition coefficient (Wildman–Crippen LogP) is 4.44. The zero-order chi connectivity index (χ0) is 16.8. The monoisotopic (exact) mass is 343 g/mol. The van der Waals surface area contributed by atoms with Crippen LogP contribution in [0.15, 0.2) is 41.6 Å². The Labute approximate surface area is 148 Å². The van der Waals surface area contributed by atoms with E-state index in [1.54, 1.807) is 18.0 Å². The van der Waals surface area contributed by atoms with Crippen molar-refractivity contribution in [3.8, 4) is 5.69 Å². The third kappa shape index (κ3) is 4.01. The molecule has 0 atom stereocenters. The number of hydrogen-bond donors (Lipinski definition) is 1. The molecule has 1 aromatic carbocycles. The van der Waals surface area contributed by atoms with Gasteiger partial charge in [-0.2, -0.15) is 5.10 Å². The molecule has 0 unspecified atom stereocenters. The number of aromatic nitrogens is 2. The maximum absolute atomic E-state index is 12.8. The van der Waals surface area contributed by atoms with Crippen LogP contribution >= 0.6 is 11.8 Å². The molecule has 128 valence electrons. The summed E-state index contributed by atoms with van der Waals surface area (Å²) in [6.45, 7) is 2.15. The largest absolute Gasteiger partial charge is 0.349 e. The molecule has 1 fully saturated rings. The molecule has 1 heterocycles. The molecular weight excluding hydrogens is 318 g/mol. The van der Waals surface area contributed by atoms with Gasteiger partial charge in [0, 0.05) is 6.04 Å². The van der Waals surface area contributed by atoms with E-state index >= 15 is 0 Å². The van der Waals surface area contributed by atoms with Crippen LogP contribution in [0.1, 0.15) is 55.8 Å². The Morgan fingerprint density at radius 2 is 2.00 bits per heavy atom. The van der Waals surface area contributed by atoms with E-state index in [-0.39, 0.29) is 5.91 Å². The molecule has 1 aliphatic rings. The lowest BCUT2D eigenvalue weighted by atomic mass is 9.95. The summed E-state index contributed by atoms with van der Waals surface area (Å²) in [6, 6.07) is 10.3. The second-order valence-corrected chi connectivity index (χ2v) is 7.35. The number of hydrogen-bond acceptors (Lipinski definition) is 3. The van der Waals surface area contributed by atoms with Crippen molar-refractivity contribution < 1.29 is 4.79 Å². The van der Waals surface area contributed by atoms with E-state index in [2.05, 4.69) is 17.3 Å². The van der Waals surface area contributed by atoms with Gasteiger partial charge in [-0.3, -0.25) is 4.79 Å². The molecule has 1 aromatic heterocycles. The summed E-state index contributed by atoms with van der Waals surface area (Å²) >= 11 is 1.71. The van der Waals surface area contributed by atoms with E-state index in [0.717, 1.165) is 35.7 Å². The van der Waals surface area contributed by atoms with Crippen molar-refractivity contribution in [2.75, 3.05) is 5.75 Å². The maximum atomic E-state index is 12.8. The number of carbonyl (C=O) groups excluding carboxylic acids is 1. The lowest BCUT2D eigenvalue weighted by molar-refractivity contribution is 0.0924. The normalized spacial score (nSPS) is 15.4. The average Bonchev–Trinajstić information content (AvgIpc) is 3.05. The summed E-state index contributed by atoms with van der Waals surface area (Å²) in [5, 5.41) is 8.64. The van der Waals surface area contributed by atoms with Crippen molar-refractivity contribution in [3.63, 3.8) is 0 Å². The smallest absolute Gasteiger partial charge is 0.255 e. The molecule has 2 aromatic rings. The number of benzene rings is 1. The highest BCUT2D eigenvalue weighted by Gasteiger charge is 2.22. The summed E-state index contributed by atoms with van der Waals surface area (Å²) in [5.41, 5.74) is 1.69. The van der Waals surface area contributed by atoms with Gasteiger partial charge in [0.05, 0.1) is 17.4 Å². The van der Waals surface area contributed by atoms with Crippen LogP contribution in [-0.2, 0) is 0 Å². The molecule has 0 aliphatic heterocycles. The van der Waals surface area contributed by atoms with E-state index in [1.807, 2.05) is 35.0 Å². The Balaban J connectivity index is 1.83. The number of thioether (sulfide) groups is 1. The number of nitrogens with one attached hydrogen (secondary N) is 1. The number of rotatable bonds is 6. The zero-order valence-electron chi connectivity index (χ0n) is 14.2. The van der Waals surface area contributed by atoms with Crippen LogP contribution in [0.25, 0.3) is 5.69 Å². The second kappa shape index (κ2) is 8.38.